The van der Waals surface area contributed by atoms with Crippen molar-refractivity contribution in [2.45, 2.75) is 31.2 Å². The van der Waals surface area contributed by atoms with Gasteiger partial charge in [-0.05, 0) is 42.6 Å². The maximum absolute atomic E-state index is 12.7. The summed E-state index contributed by atoms with van der Waals surface area (Å²) in [4.78, 5) is 29.8. The molecular weight excluding hydrogens is 380 g/mol. The lowest BCUT2D eigenvalue weighted by molar-refractivity contribution is -0.118. The molecule has 0 aliphatic rings. The molecule has 8 heteroatoms. The largest absolute Gasteiger partial charge is 0.326 e. The number of amides is 1. The van der Waals surface area contributed by atoms with Crippen molar-refractivity contribution >= 4 is 40.5 Å². The molecule has 0 aliphatic carbocycles. The molecule has 1 atom stereocenters. The maximum Gasteiger partial charge on any atom is 0.226 e. The highest BCUT2D eigenvalue weighted by atomic mass is 32.2. The number of rotatable bonds is 7. The molecule has 3 aromatic rings. The van der Waals surface area contributed by atoms with Gasteiger partial charge in [0.2, 0.25) is 11.1 Å². The zero-order valence-electron chi connectivity index (χ0n) is 15.2. The Morgan fingerprint density at radius 1 is 1.15 bits per heavy atom. The first-order chi connectivity index (χ1) is 12.9. The standard InChI is InChI=1S/C19H20N4O2S2/c1-11(2)18(25)20-14-8-6-13(7-9-14)16(24)12(3)27-19-21-17(22-23-19)15-5-4-10-26-15/h4-12H,1-3H3,(H,20,25)(H,21,22,23)/t12-/m1/s1. The highest BCUT2D eigenvalue weighted by molar-refractivity contribution is 8.00. The average Bonchev–Trinajstić information content (AvgIpc) is 3.33. The molecule has 0 saturated carbocycles. The minimum Gasteiger partial charge on any atom is -0.326 e. The van der Waals surface area contributed by atoms with Crippen LogP contribution in [-0.2, 0) is 4.79 Å². The lowest BCUT2D eigenvalue weighted by Gasteiger charge is -2.10. The van der Waals surface area contributed by atoms with Gasteiger partial charge in [0.25, 0.3) is 0 Å². The van der Waals surface area contributed by atoms with E-state index in [4.69, 9.17) is 0 Å². The van der Waals surface area contributed by atoms with Crippen molar-refractivity contribution in [1.82, 2.24) is 15.2 Å². The third-order valence-electron chi connectivity index (χ3n) is 3.83. The van der Waals surface area contributed by atoms with E-state index in [-0.39, 0.29) is 22.9 Å². The van der Waals surface area contributed by atoms with Crippen molar-refractivity contribution in [2.75, 3.05) is 5.32 Å². The Morgan fingerprint density at radius 2 is 1.89 bits per heavy atom. The monoisotopic (exact) mass is 400 g/mol. The quantitative estimate of drug-likeness (QED) is 0.451. The van der Waals surface area contributed by atoms with Crippen LogP contribution in [0.2, 0.25) is 0 Å². The van der Waals surface area contributed by atoms with Gasteiger partial charge in [-0.1, -0.05) is 31.7 Å². The first-order valence-electron chi connectivity index (χ1n) is 8.52. The molecule has 0 radical (unpaired) electrons. The molecule has 2 N–H and O–H groups in total. The molecule has 0 unspecified atom stereocenters. The number of nitrogens with one attached hydrogen (secondary N) is 2. The van der Waals surface area contributed by atoms with Crippen LogP contribution in [0.25, 0.3) is 10.7 Å². The second-order valence-corrected chi connectivity index (χ2v) is 8.55. The molecule has 27 heavy (non-hydrogen) atoms. The van der Waals surface area contributed by atoms with E-state index in [1.165, 1.54) is 11.8 Å². The summed E-state index contributed by atoms with van der Waals surface area (Å²) in [6, 6.07) is 10.9. The van der Waals surface area contributed by atoms with Crippen molar-refractivity contribution in [3.05, 3.63) is 47.3 Å². The molecule has 3 rings (SSSR count). The summed E-state index contributed by atoms with van der Waals surface area (Å²) in [6.07, 6.45) is 0. The molecule has 1 aromatic carbocycles. The van der Waals surface area contributed by atoms with Crippen molar-refractivity contribution in [2.24, 2.45) is 5.92 Å². The van der Waals surface area contributed by atoms with Crippen LogP contribution < -0.4 is 5.32 Å². The second kappa shape index (κ2) is 8.49. The predicted molar refractivity (Wildman–Crippen MR) is 109 cm³/mol. The van der Waals surface area contributed by atoms with Gasteiger partial charge in [0.1, 0.15) is 0 Å². The predicted octanol–water partition coefficient (Wildman–Crippen LogP) is 4.49. The van der Waals surface area contributed by atoms with Crippen LogP contribution >= 0.6 is 23.1 Å². The van der Waals surface area contributed by atoms with Crippen molar-refractivity contribution < 1.29 is 9.59 Å². The van der Waals surface area contributed by atoms with E-state index in [1.807, 2.05) is 38.3 Å². The lowest BCUT2D eigenvalue weighted by Crippen LogP contribution is -2.18. The molecule has 2 aromatic heterocycles. The lowest BCUT2D eigenvalue weighted by atomic mass is 10.1. The maximum atomic E-state index is 12.7. The van der Waals surface area contributed by atoms with Gasteiger partial charge in [0.15, 0.2) is 11.6 Å². The Balaban J connectivity index is 1.62. The van der Waals surface area contributed by atoms with Crippen molar-refractivity contribution in [3.8, 4) is 10.7 Å². The van der Waals surface area contributed by atoms with Gasteiger partial charge in [-0.25, -0.2) is 4.98 Å². The summed E-state index contributed by atoms with van der Waals surface area (Å²) < 4.78 is 0. The fourth-order valence-electron chi connectivity index (χ4n) is 2.27. The number of hydrogen-bond acceptors (Lipinski definition) is 6. The van der Waals surface area contributed by atoms with Gasteiger partial charge >= 0.3 is 0 Å². The zero-order chi connectivity index (χ0) is 19.4. The third-order valence-corrected chi connectivity index (χ3v) is 5.67. The van der Waals surface area contributed by atoms with E-state index in [2.05, 4.69) is 20.5 Å². The number of nitrogens with zero attached hydrogens (tertiary/aromatic N) is 2. The van der Waals surface area contributed by atoms with Gasteiger partial charge in [-0.2, -0.15) is 0 Å². The summed E-state index contributed by atoms with van der Waals surface area (Å²) in [7, 11) is 0. The van der Waals surface area contributed by atoms with Crippen LogP contribution in [0.15, 0.2) is 46.9 Å². The second-order valence-electron chi connectivity index (χ2n) is 6.29. The minimum atomic E-state index is -0.326. The number of carbonyl (C=O) groups is 2. The number of aromatic amines is 1. The Morgan fingerprint density at radius 3 is 2.52 bits per heavy atom. The molecule has 0 saturated heterocycles. The summed E-state index contributed by atoms with van der Waals surface area (Å²) in [5.74, 6) is 0.550. The van der Waals surface area contributed by atoms with E-state index in [9.17, 15) is 9.59 Å². The number of thiophene rings is 1. The number of H-pyrrole nitrogens is 1. The number of hydrogen-bond donors (Lipinski definition) is 2. The number of anilines is 1. The molecule has 0 bridgehead atoms. The molecular formula is C19H20N4O2S2. The average molecular weight is 401 g/mol. The van der Waals surface area contributed by atoms with Gasteiger partial charge < -0.3 is 5.32 Å². The normalized spacial score (nSPS) is 12.1. The van der Waals surface area contributed by atoms with E-state index in [0.717, 1.165) is 4.88 Å². The number of thioether (sulfide) groups is 1. The Kier molecular flexibility index (Phi) is 6.08. The summed E-state index contributed by atoms with van der Waals surface area (Å²) in [5, 5.41) is 12.1. The smallest absolute Gasteiger partial charge is 0.226 e. The van der Waals surface area contributed by atoms with Gasteiger partial charge in [0.05, 0.1) is 10.1 Å². The van der Waals surface area contributed by atoms with Gasteiger partial charge in [0, 0.05) is 17.2 Å². The third kappa shape index (κ3) is 4.84. The fraction of sp³-hybridized carbons (Fsp3) is 0.263. The molecule has 140 valence electrons. The van der Waals surface area contributed by atoms with Crippen LogP contribution in [0.1, 0.15) is 31.1 Å². The molecule has 2 heterocycles. The summed E-state index contributed by atoms with van der Waals surface area (Å²) in [5.41, 5.74) is 1.27. The molecule has 1 amide bonds. The number of aromatic nitrogens is 3. The van der Waals surface area contributed by atoms with Gasteiger partial charge in [-0.3, -0.25) is 14.7 Å². The molecule has 0 aliphatic heterocycles. The van der Waals surface area contributed by atoms with Crippen LogP contribution in [0.5, 0.6) is 0 Å². The first-order valence-corrected chi connectivity index (χ1v) is 10.3. The molecule has 0 fully saturated rings. The number of Topliss-reactive ketones (excluding diaryl/α,β-unsaturated/α-hetero) is 1. The van der Waals surface area contributed by atoms with Crippen LogP contribution in [0, 0.1) is 5.92 Å². The number of benzene rings is 1. The highest BCUT2D eigenvalue weighted by Crippen LogP contribution is 2.27. The van der Waals surface area contributed by atoms with Crippen LogP contribution in [-0.4, -0.2) is 32.1 Å². The Labute approximate surface area is 165 Å². The van der Waals surface area contributed by atoms with Crippen molar-refractivity contribution in [3.63, 3.8) is 0 Å². The fourth-order valence-corrected chi connectivity index (χ4v) is 3.74. The van der Waals surface area contributed by atoms with E-state index < -0.39 is 0 Å². The molecule has 6 nitrogen and oxygen atoms in total. The minimum absolute atomic E-state index is 0.00999. The highest BCUT2D eigenvalue weighted by Gasteiger charge is 2.19. The van der Waals surface area contributed by atoms with E-state index >= 15 is 0 Å². The van der Waals surface area contributed by atoms with Crippen LogP contribution in [0.4, 0.5) is 5.69 Å². The van der Waals surface area contributed by atoms with Gasteiger partial charge in [-0.15, -0.1) is 16.4 Å². The van der Waals surface area contributed by atoms with E-state index in [0.29, 0.717) is 22.2 Å². The number of ketones is 1. The van der Waals surface area contributed by atoms with E-state index in [1.54, 1.807) is 35.6 Å². The summed E-state index contributed by atoms with van der Waals surface area (Å²) in [6.45, 7) is 5.50. The van der Waals surface area contributed by atoms with Crippen LogP contribution in [0.3, 0.4) is 0 Å². The SMILES string of the molecule is CC(C)C(=O)Nc1ccc(C(=O)[C@@H](C)Sc2n[nH]c(-c3cccs3)n2)cc1. The molecule has 0 spiro atoms. The van der Waals surface area contributed by atoms with Crippen molar-refractivity contribution in [1.29, 1.82) is 0 Å². The number of carbonyl (C=O) groups excluding carboxylic acids is 2. The summed E-state index contributed by atoms with van der Waals surface area (Å²) >= 11 is 2.89. The topological polar surface area (TPSA) is 87.7 Å². The Bertz CT molecular complexity index is 918. The zero-order valence-corrected chi connectivity index (χ0v) is 16.9. The first kappa shape index (κ1) is 19.3. The Hall–Kier alpha value is -2.45.